The van der Waals surface area contributed by atoms with Crippen molar-refractivity contribution in [3.05, 3.63) is 58.1 Å². The molecule has 0 atom stereocenters. The van der Waals surface area contributed by atoms with Gasteiger partial charge in [-0.1, -0.05) is 47.1 Å². The van der Waals surface area contributed by atoms with E-state index in [1.165, 1.54) is 17.3 Å². The molecule has 7 nitrogen and oxygen atoms in total. The van der Waals surface area contributed by atoms with Crippen molar-refractivity contribution in [2.45, 2.75) is 11.7 Å². The van der Waals surface area contributed by atoms with E-state index >= 15 is 0 Å². The van der Waals surface area contributed by atoms with Crippen LogP contribution >= 0.6 is 35.0 Å². The maximum atomic E-state index is 12.7. The van der Waals surface area contributed by atoms with Gasteiger partial charge in [0.1, 0.15) is 5.75 Å². The van der Waals surface area contributed by atoms with Crippen LogP contribution in [0.3, 0.4) is 0 Å². The Morgan fingerprint density at radius 2 is 1.91 bits per heavy atom. The fourth-order valence-electron chi connectivity index (χ4n) is 3.56. The zero-order chi connectivity index (χ0) is 22.5. The number of aromatic nitrogens is 3. The topological polar surface area (TPSA) is 74.3 Å². The van der Waals surface area contributed by atoms with Gasteiger partial charge >= 0.3 is 0 Å². The Labute approximate surface area is 201 Å². The predicted octanol–water partition coefficient (Wildman–Crippen LogP) is 4.22. The van der Waals surface area contributed by atoms with Crippen LogP contribution in [0.25, 0.3) is 11.4 Å². The zero-order valence-corrected chi connectivity index (χ0v) is 19.9. The summed E-state index contributed by atoms with van der Waals surface area (Å²) >= 11 is 13.5. The zero-order valence-electron chi connectivity index (χ0n) is 17.6. The average Bonchev–Trinajstić information content (AvgIpc) is 3.27. The third-order valence-electron chi connectivity index (χ3n) is 5.23. The fourth-order valence-corrected chi connectivity index (χ4v) is 4.65. The summed E-state index contributed by atoms with van der Waals surface area (Å²) in [5.74, 6) is 1.57. The van der Waals surface area contributed by atoms with Crippen molar-refractivity contribution in [2.75, 3.05) is 39.0 Å². The lowest BCUT2D eigenvalue weighted by molar-refractivity contribution is -0.130. The Morgan fingerprint density at radius 1 is 1.12 bits per heavy atom. The van der Waals surface area contributed by atoms with Gasteiger partial charge in [0.2, 0.25) is 11.1 Å². The van der Waals surface area contributed by atoms with Crippen molar-refractivity contribution in [1.82, 2.24) is 25.0 Å². The SMILES string of the molecule is COc1ccc(Cl)cc1-c1nc(SCC(=O)N2CCN(Cc3cccc(Cl)c3)CC2)n[nH]1. The molecule has 32 heavy (non-hydrogen) atoms. The summed E-state index contributed by atoms with van der Waals surface area (Å²) in [4.78, 5) is 21.4. The molecule has 1 N–H and O–H groups in total. The van der Waals surface area contributed by atoms with Gasteiger partial charge in [-0.15, -0.1) is 5.10 Å². The van der Waals surface area contributed by atoms with E-state index in [4.69, 9.17) is 27.9 Å². The minimum Gasteiger partial charge on any atom is -0.496 e. The predicted molar refractivity (Wildman–Crippen MR) is 127 cm³/mol. The highest BCUT2D eigenvalue weighted by atomic mass is 35.5. The maximum absolute atomic E-state index is 12.7. The number of hydrogen-bond acceptors (Lipinski definition) is 6. The van der Waals surface area contributed by atoms with Crippen molar-refractivity contribution in [3.8, 4) is 17.1 Å². The fraction of sp³-hybridized carbons (Fsp3) is 0.318. The molecule has 0 aliphatic carbocycles. The van der Waals surface area contributed by atoms with Crippen molar-refractivity contribution < 1.29 is 9.53 Å². The summed E-state index contributed by atoms with van der Waals surface area (Å²) in [6, 6.07) is 13.2. The Hall–Kier alpha value is -2.26. The molecule has 2 heterocycles. The van der Waals surface area contributed by atoms with E-state index in [9.17, 15) is 4.79 Å². The minimum absolute atomic E-state index is 0.0871. The van der Waals surface area contributed by atoms with Gasteiger partial charge in [-0.2, -0.15) is 0 Å². The number of ether oxygens (including phenoxy) is 1. The van der Waals surface area contributed by atoms with Gasteiger partial charge in [0.05, 0.1) is 18.4 Å². The number of hydrogen-bond donors (Lipinski definition) is 1. The molecule has 0 bridgehead atoms. The first-order valence-corrected chi connectivity index (χ1v) is 11.9. The lowest BCUT2D eigenvalue weighted by Gasteiger charge is -2.34. The number of carbonyl (C=O) groups excluding carboxylic acids is 1. The number of carbonyl (C=O) groups is 1. The first kappa shape index (κ1) is 22.9. The number of nitrogens with one attached hydrogen (secondary N) is 1. The third kappa shape index (κ3) is 5.75. The van der Waals surface area contributed by atoms with E-state index in [1.54, 1.807) is 25.3 Å². The van der Waals surface area contributed by atoms with Crippen LogP contribution in [-0.4, -0.2) is 69.9 Å². The average molecular weight is 492 g/mol. The molecule has 2 aromatic carbocycles. The standard InChI is InChI=1S/C22H23Cl2N5O2S/c1-31-19-6-5-17(24)12-18(19)21-25-22(27-26-21)32-14-20(30)29-9-7-28(8-10-29)13-15-3-2-4-16(23)11-15/h2-6,11-12H,7-10,13-14H2,1H3,(H,25,26,27). The molecule has 0 unspecified atom stereocenters. The van der Waals surface area contributed by atoms with Crippen molar-refractivity contribution in [1.29, 1.82) is 0 Å². The van der Waals surface area contributed by atoms with E-state index in [1.807, 2.05) is 23.1 Å². The maximum Gasteiger partial charge on any atom is 0.233 e. The van der Waals surface area contributed by atoms with Gasteiger partial charge in [-0.05, 0) is 35.9 Å². The second-order valence-corrected chi connectivity index (χ2v) is 9.20. The Bertz CT molecular complexity index is 1090. The summed E-state index contributed by atoms with van der Waals surface area (Å²) in [7, 11) is 1.59. The molecule has 0 radical (unpaired) electrons. The summed E-state index contributed by atoms with van der Waals surface area (Å²) in [6.45, 7) is 3.92. The van der Waals surface area contributed by atoms with Crippen LogP contribution < -0.4 is 4.74 Å². The highest BCUT2D eigenvalue weighted by Gasteiger charge is 2.22. The van der Waals surface area contributed by atoms with Gasteiger partial charge in [-0.25, -0.2) is 4.98 Å². The molecule has 1 fully saturated rings. The molecule has 0 spiro atoms. The second-order valence-electron chi connectivity index (χ2n) is 7.39. The molecule has 1 aliphatic heterocycles. The Kier molecular flexibility index (Phi) is 7.57. The van der Waals surface area contributed by atoms with Gasteiger partial charge in [-0.3, -0.25) is 14.8 Å². The Morgan fingerprint density at radius 3 is 2.66 bits per heavy atom. The smallest absolute Gasteiger partial charge is 0.233 e. The molecule has 1 aromatic heterocycles. The van der Waals surface area contributed by atoms with Crippen LogP contribution in [0.15, 0.2) is 47.6 Å². The molecule has 10 heteroatoms. The normalized spacial score (nSPS) is 14.5. The van der Waals surface area contributed by atoms with Gasteiger partial charge in [0, 0.05) is 42.8 Å². The molecular weight excluding hydrogens is 469 g/mol. The number of nitrogens with zero attached hydrogens (tertiary/aromatic N) is 4. The van der Waals surface area contributed by atoms with E-state index in [0.29, 0.717) is 34.8 Å². The number of methoxy groups -OCH3 is 1. The summed E-state index contributed by atoms with van der Waals surface area (Å²) in [6.07, 6.45) is 0. The minimum atomic E-state index is 0.0871. The first-order valence-electron chi connectivity index (χ1n) is 10.2. The lowest BCUT2D eigenvalue weighted by atomic mass is 10.2. The molecule has 3 aromatic rings. The van der Waals surface area contributed by atoms with Gasteiger partial charge < -0.3 is 9.64 Å². The lowest BCUT2D eigenvalue weighted by Crippen LogP contribution is -2.48. The van der Waals surface area contributed by atoms with Crippen LogP contribution in [0.2, 0.25) is 10.0 Å². The highest BCUT2D eigenvalue weighted by Crippen LogP contribution is 2.31. The number of thioether (sulfide) groups is 1. The molecule has 1 saturated heterocycles. The quantitative estimate of drug-likeness (QED) is 0.498. The third-order valence-corrected chi connectivity index (χ3v) is 6.53. The number of amides is 1. The number of piperazine rings is 1. The highest BCUT2D eigenvalue weighted by molar-refractivity contribution is 7.99. The van der Waals surface area contributed by atoms with Gasteiger partial charge in [0.15, 0.2) is 5.82 Å². The summed E-state index contributed by atoms with van der Waals surface area (Å²) in [5, 5.41) is 8.95. The first-order chi connectivity index (χ1) is 15.5. The van der Waals surface area contributed by atoms with E-state index in [-0.39, 0.29) is 11.7 Å². The van der Waals surface area contributed by atoms with Crippen LogP contribution in [0, 0.1) is 0 Å². The van der Waals surface area contributed by atoms with E-state index < -0.39 is 0 Å². The summed E-state index contributed by atoms with van der Waals surface area (Å²) in [5.41, 5.74) is 1.91. The number of H-pyrrole nitrogens is 1. The van der Waals surface area contributed by atoms with Crippen LogP contribution in [-0.2, 0) is 11.3 Å². The summed E-state index contributed by atoms with van der Waals surface area (Å²) < 4.78 is 5.37. The second kappa shape index (κ2) is 10.6. The van der Waals surface area contributed by atoms with Crippen LogP contribution in [0.4, 0.5) is 0 Å². The molecule has 0 saturated carbocycles. The number of rotatable bonds is 7. The molecule has 4 rings (SSSR count). The van der Waals surface area contributed by atoms with Crippen molar-refractivity contribution >= 4 is 40.9 Å². The largest absolute Gasteiger partial charge is 0.496 e. The number of halogens is 2. The molecule has 168 valence electrons. The monoisotopic (exact) mass is 491 g/mol. The van der Waals surface area contributed by atoms with Crippen LogP contribution in [0.1, 0.15) is 5.56 Å². The van der Waals surface area contributed by atoms with Crippen LogP contribution in [0.5, 0.6) is 5.75 Å². The molecule has 1 aliphatic rings. The van der Waals surface area contributed by atoms with Crippen molar-refractivity contribution in [3.63, 3.8) is 0 Å². The van der Waals surface area contributed by atoms with Gasteiger partial charge in [0.25, 0.3) is 0 Å². The number of benzene rings is 2. The molecular formula is C22H23Cl2N5O2S. The van der Waals surface area contributed by atoms with E-state index in [2.05, 4.69) is 26.1 Å². The Balaban J connectivity index is 1.27. The van der Waals surface area contributed by atoms with Crippen molar-refractivity contribution in [2.24, 2.45) is 0 Å². The van der Waals surface area contributed by atoms with E-state index in [0.717, 1.165) is 30.2 Å². The number of aromatic amines is 1. The molecule has 1 amide bonds.